The van der Waals surface area contributed by atoms with Gasteiger partial charge in [0.05, 0.1) is 17.7 Å². The quantitative estimate of drug-likeness (QED) is 0.878. The van der Waals surface area contributed by atoms with Gasteiger partial charge < -0.3 is 14.6 Å². The average Bonchev–Trinajstić information content (AvgIpc) is 2.92. The zero-order valence-electron chi connectivity index (χ0n) is 13.7. The van der Waals surface area contributed by atoms with Crippen molar-refractivity contribution in [3.05, 3.63) is 28.8 Å². The van der Waals surface area contributed by atoms with Gasteiger partial charge in [0.2, 0.25) is 0 Å². The summed E-state index contributed by atoms with van der Waals surface area (Å²) in [6, 6.07) is 6.08. The molecule has 0 spiro atoms. The monoisotopic (exact) mass is 340 g/mol. The van der Waals surface area contributed by atoms with Crippen LogP contribution in [-0.4, -0.2) is 79.6 Å². The maximum Gasteiger partial charge on any atom is 0.138 e. The van der Waals surface area contributed by atoms with Crippen molar-refractivity contribution in [2.45, 2.75) is 25.2 Å². The molecule has 2 aliphatic rings. The van der Waals surface area contributed by atoms with Crippen molar-refractivity contribution in [2.75, 3.05) is 46.4 Å². The Morgan fingerprint density at radius 1 is 1.43 bits per heavy atom. The van der Waals surface area contributed by atoms with Gasteiger partial charge in [-0.2, -0.15) is 0 Å². The molecule has 23 heavy (non-hydrogen) atoms. The van der Waals surface area contributed by atoms with Gasteiger partial charge in [-0.25, -0.2) is 0 Å². The molecule has 1 N–H and O–H groups in total. The van der Waals surface area contributed by atoms with Gasteiger partial charge in [0.15, 0.2) is 0 Å². The second-order valence-corrected chi connectivity index (χ2v) is 6.98. The van der Waals surface area contributed by atoms with Crippen molar-refractivity contribution in [1.82, 2.24) is 9.80 Å². The summed E-state index contributed by atoms with van der Waals surface area (Å²) in [4.78, 5) is 4.60. The molecule has 0 amide bonds. The number of aliphatic hydroxyl groups excluding tert-OH is 1. The van der Waals surface area contributed by atoms with E-state index in [4.69, 9.17) is 21.1 Å². The van der Waals surface area contributed by atoms with Gasteiger partial charge in [-0.15, -0.1) is 0 Å². The first kappa shape index (κ1) is 17.0. The van der Waals surface area contributed by atoms with E-state index in [2.05, 4.69) is 16.8 Å². The van der Waals surface area contributed by atoms with Crippen LogP contribution in [0.2, 0.25) is 5.02 Å². The Bertz CT molecular complexity index is 543. The highest BCUT2D eigenvalue weighted by Gasteiger charge is 2.38. The second-order valence-electron chi connectivity index (χ2n) is 6.57. The van der Waals surface area contributed by atoms with E-state index in [-0.39, 0.29) is 12.7 Å². The first-order valence-corrected chi connectivity index (χ1v) is 8.52. The van der Waals surface area contributed by atoms with Crippen LogP contribution in [0, 0.1) is 6.92 Å². The van der Waals surface area contributed by atoms with Crippen LogP contribution in [0.3, 0.4) is 0 Å². The maximum absolute atomic E-state index is 10.3. The minimum absolute atomic E-state index is 0.242. The molecule has 3 atom stereocenters. The number of morpholine rings is 1. The fraction of sp³-hybridized carbons (Fsp3) is 0.647. The predicted octanol–water partition coefficient (Wildman–Crippen LogP) is 1.40. The molecule has 0 bridgehead atoms. The van der Waals surface area contributed by atoms with Crippen LogP contribution < -0.4 is 4.74 Å². The van der Waals surface area contributed by atoms with Crippen LogP contribution in [-0.2, 0) is 4.74 Å². The van der Waals surface area contributed by atoms with Gasteiger partial charge in [0.25, 0.3) is 0 Å². The normalized spacial score (nSPS) is 27.0. The summed E-state index contributed by atoms with van der Waals surface area (Å²) in [5.41, 5.74) is 1.09. The molecule has 1 aromatic rings. The Hall–Kier alpha value is -0.850. The number of likely N-dealkylation sites (tertiary alicyclic amines) is 1. The average molecular weight is 341 g/mol. The zero-order chi connectivity index (χ0) is 16.4. The molecule has 5 nitrogen and oxygen atoms in total. The summed E-state index contributed by atoms with van der Waals surface area (Å²) in [6.07, 6.45) is -0.287. The van der Waals surface area contributed by atoms with Crippen LogP contribution in [0.15, 0.2) is 18.2 Å². The number of aliphatic hydroxyl groups is 1. The minimum atomic E-state index is -0.544. The number of aryl methyl sites for hydroxylation is 1. The first-order chi connectivity index (χ1) is 11.0. The Balaban J connectivity index is 1.48. The van der Waals surface area contributed by atoms with Crippen molar-refractivity contribution in [3.63, 3.8) is 0 Å². The standard InChI is InChI=1S/C17H25ClN2O3/c1-12-3-4-14(18)16(7-12)23-11-13(21)8-20-9-15-17(10-20)22-6-5-19(15)2/h3-4,7,13,15,17,21H,5-6,8-11H2,1-2H3. The van der Waals surface area contributed by atoms with Crippen molar-refractivity contribution in [2.24, 2.45) is 0 Å². The van der Waals surface area contributed by atoms with Crippen LogP contribution in [0.25, 0.3) is 0 Å². The van der Waals surface area contributed by atoms with Crippen LogP contribution in [0.5, 0.6) is 5.75 Å². The lowest BCUT2D eigenvalue weighted by Gasteiger charge is -2.33. The summed E-state index contributed by atoms with van der Waals surface area (Å²) in [5, 5.41) is 10.8. The smallest absolute Gasteiger partial charge is 0.138 e. The van der Waals surface area contributed by atoms with E-state index in [1.54, 1.807) is 0 Å². The molecule has 0 aliphatic carbocycles. The number of β-amino-alcohol motifs (C(OH)–C–C–N with tert-alkyl or cyclic N) is 1. The summed E-state index contributed by atoms with van der Waals surface area (Å²) in [5.74, 6) is 0.629. The number of fused-ring (bicyclic) bond motifs is 1. The fourth-order valence-electron chi connectivity index (χ4n) is 3.34. The number of hydrogen-bond donors (Lipinski definition) is 1. The largest absolute Gasteiger partial charge is 0.489 e. The lowest BCUT2D eigenvalue weighted by Crippen LogP contribution is -2.48. The third-order valence-electron chi connectivity index (χ3n) is 4.64. The molecule has 3 unspecified atom stereocenters. The number of hydrogen-bond acceptors (Lipinski definition) is 5. The number of halogens is 1. The highest BCUT2D eigenvalue weighted by Crippen LogP contribution is 2.26. The van der Waals surface area contributed by atoms with E-state index < -0.39 is 6.10 Å². The van der Waals surface area contributed by atoms with Crippen molar-refractivity contribution in [3.8, 4) is 5.75 Å². The second kappa shape index (κ2) is 7.36. The Morgan fingerprint density at radius 3 is 3.04 bits per heavy atom. The van der Waals surface area contributed by atoms with Gasteiger partial charge in [-0.05, 0) is 31.7 Å². The van der Waals surface area contributed by atoms with Crippen LogP contribution >= 0.6 is 11.6 Å². The lowest BCUT2D eigenvalue weighted by atomic mass is 10.1. The SMILES string of the molecule is Cc1ccc(Cl)c(OCC(O)CN2CC3OCCN(C)C3C2)c1. The zero-order valence-corrected chi connectivity index (χ0v) is 14.5. The summed E-state index contributed by atoms with van der Waals surface area (Å²) < 4.78 is 11.5. The lowest BCUT2D eigenvalue weighted by molar-refractivity contribution is -0.0372. The Kier molecular flexibility index (Phi) is 5.44. The van der Waals surface area contributed by atoms with Crippen molar-refractivity contribution >= 4 is 11.6 Å². The summed E-state index contributed by atoms with van der Waals surface area (Å²) >= 11 is 6.11. The molecule has 6 heteroatoms. The van der Waals surface area contributed by atoms with E-state index in [0.29, 0.717) is 23.4 Å². The molecule has 2 fully saturated rings. The summed E-state index contributed by atoms with van der Waals surface area (Å²) in [6.45, 7) is 6.40. The number of benzene rings is 1. The molecule has 2 heterocycles. The molecule has 0 radical (unpaired) electrons. The van der Waals surface area contributed by atoms with E-state index in [9.17, 15) is 5.11 Å². The number of nitrogens with zero attached hydrogens (tertiary/aromatic N) is 2. The van der Waals surface area contributed by atoms with Gasteiger partial charge >= 0.3 is 0 Å². The highest BCUT2D eigenvalue weighted by molar-refractivity contribution is 6.32. The number of rotatable bonds is 5. The highest BCUT2D eigenvalue weighted by atomic mass is 35.5. The molecule has 128 valence electrons. The third kappa shape index (κ3) is 4.17. The van der Waals surface area contributed by atoms with E-state index in [0.717, 1.165) is 31.8 Å². The summed E-state index contributed by atoms with van der Waals surface area (Å²) in [7, 11) is 2.14. The Morgan fingerprint density at radius 2 is 2.26 bits per heavy atom. The number of likely N-dealkylation sites (N-methyl/N-ethyl adjacent to an activating group) is 1. The minimum Gasteiger partial charge on any atom is -0.489 e. The van der Waals surface area contributed by atoms with Crippen LogP contribution in [0.4, 0.5) is 0 Å². The molecule has 2 aliphatic heterocycles. The van der Waals surface area contributed by atoms with Crippen molar-refractivity contribution in [1.29, 1.82) is 0 Å². The number of ether oxygens (including phenoxy) is 2. The first-order valence-electron chi connectivity index (χ1n) is 8.14. The molecule has 0 aromatic heterocycles. The van der Waals surface area contributed by atoms with Gasteiger partial charge in [-0.1, -0.05) is 17.7 Å². The third-order valence-corrected chi connectivity index (χ3v) is 4.95. The molecule has 0 saturated carbocycles. The van der Waals surface area contributed by atoms with E-state index >= 15 is 0 Å². The predicted molar refractivity (Wildman–Crippen MR) is 90.3 cm³/mol. The van der Waals surface area contributed by atoms with E-state index in [1.807, 2.05) is 25.1 Å². The van der Waals surface area contributed by atoms with E-state index in [1.165, 1.54) is 0 Å². The fourth-order valence-corrected chi connectivity index (χ4v) is 3.51. The molecular weight excluding hydrogens is 316 g/mol. The topological polar surface area (TPSA) is 45.2 Å². The van der Waals surface area contributed by atoms with Crippen LogP contribution in [0.1, 0.15) is 5.56 Å². The molecule has 3 rings (SSSR count). The Labute approximate surface area is 142 Å². The molecule has 1 aromatic carbocycles. The maximum atomic E-state index is 10.3. The molecular formula is C17H25ClN2O3. The van der Waals surface area contributed by atoms with Crippen molar-refractivity contribution < 1.29 is 14.6 Å². The molecule has 2 saturated heterocycles. The van der Waals surface area contributed by atoms with Gasteiger partial charge in [-0.3, -0.25) is 9.80 Å². The van der Waals surface area contributed by atoms with Gasteiger partial charge in [0, 0.05) is 32.2 Å². The van der Waals surface area contributed by atoms with Gasteiger partial charge in [0.1, 0.15) is 18.5 Å².